The molecule has 1 aliphatic carbocycles. The summed E-state index contributed by atoms with van der Waals surface area (Å²) >= 11 is 6.26. The Morgan fingerprint density at radius 1 is 1.29 bits per heavy atom. The molecule has 0 radical (unpaired) electrons. The summed E-state index contributed by atoms with van der Waals surface area (Å²) in [5.74, 6) is 0.816. The van der Waals surface area contributed by atoms with Crippen LogP contribution in [0.25, 0.3) is 11.3 Å². The normalized spacial score (nSPS) is 15.1. The van der Waals surface area contributed by atoms with Gasteiger partial charge in [0.1, 0.15) is 5.76 Å². The van der Waals surface area contributed by atoms with E-state index in [0.717, 1.165) is 28.9 Å². The maximum absolute atomic E-state index is 6.26. The third-order valence-corrected chi connectivity index (χ3v) is 3.31. The Morgan fingerprint density at radius 2 is 2.18 bits per heavy atom. The van der Waals surface area contributed by atoms with E-state index >= 15 is 0 Å². The molecule has 0 unspecified atom stereocenters. The van der Waals surface area contributed by atoms with Crippen LogP contribution in [-0.4, -0.2) is 6.04 Å². The topological polar surface area (TPSA) is 25.2 Å². The predicted octanol–water partition coefficient (Wildman–Crippen LogP) is 3.85. The minimum Gasteiger partial charge on any atom is -0.464 e. The largest absolute Gasteiger partial charge is 0.464 e. The zero-order chi connectivity index (χ0) is 11.7. The van der Waals surface area contributed by atoms with E-state index in [0.29, 0.717) is 0 Å². The fraction of sp³-hybridized carbons (Fsp3) is 0.286. The Morgan fingerprint density at radius 3 is 2.82 bits per heavy atom. The van der Waals surface area contributed by atoms with E-state index in [1.807, 2.05) is 24.3 Å². The summed E-state index contributed by atoms with van der Waals surface area (Å²) in [5.41, 5.74) is 2.17. The molecule has 0 saturated heterocycles. The molecule has 1 aromatic carbocycles. The lowest BCUT2D eigenvalue weighted by Crippen LogP contribution is -2.15. The van der Waals surface area contributed by atoms with E-state index in [4.69, 9.17) is 16.0 Å². The Bertz CT molecular complexity index is 503. The fourth-order valence-electron chi connectivity index (χ4n) is 1.85. The van der Waals surface area contributed by atoms with Gasteiger partial charge in [-0.05, 0) is 42.7 Å². The molecule has 1 aliphatic rings. The number of rotatable bonds is 4. The highest BCUT2D eigenvalue weighted by Gasteiger charge is 2.20. The molecule has 0 spiro atoms. The molecular formula is C14H14ClNO. The monoisotopic (exact) mass is 247 g/mol. The fourth-order valence-corrected chi connectivity index (χ4v) is 2.15. The van der Waals surface area contributed by atoms with Gasteiger partial charge < -0.3 is 9.73 Å². The van der Waals surface area contributed by atoms with Crippen LogP contribution in [0.3, 0.4) is 0 Å². The first-order chi connectivity index (χ1) is 8.33. The first-order valence-corrected chi connectivity index (χ1v) is 6.26. The minimum absolute atomic E-state index is 0.721. The second-order valence-corrected chi connectivity index (χ2v) is 4.85. The molecule has 0 atom stereocenters. The molecule has 2 aromatic rings. The Balaban J connectivity index is 1.78. The van der Waals surface area contributed by atoms with Crippen molar-refractivity contribution in [1.82, 2.24) is 5.32 Å². The van der Waals surface area contributed by atoms with Crippen molar-refractivity contribution < 1.29 is 4.42 Å². The van der Waals surface area contributed by atoms with E-state index in [1.165, 1.54) is 18.4 Å². The van der Waals surface area contributed by atoms with Gasteiger partial charge in [-0.15, -0.1) is 0 Å². The Hall–Kier alpha value is -1.25. The quantitative estimate of drug-likeness (QED) is 0.888. The van der Waals surface area contributed by atoms with Gasteiger partial charge in [-0.1, -0.05) is 17.7 Å². The van der Waals surface area contributed by atoms with E-state index in [2.05, 4.69) is 11.4 Å². The van der Waals surface area contributed by atoms with Crippen molar-refractivity contribution in [3.63, 3.8) is 0 Å². The van der Waals surface area contributed by atoms with Crippen molar-refractivity contribution in [2.75, 3.05) is 0 Å². The van der Waals surface area contributed by atoms with Crippen LogP contribution in [0.15, 0.2) is 41.0 Å². The van der Waals surface area contributed by atoms with Crippen LogP contribution in [-0.2, 0) is 6.54 Å². The lowest BCUT2D eigenvalue weighted by molar-refractivity contribution is 0.582. The molecule has 1 heterocycles. The van der Waals surface area contributed by atoms with E-state index < -0.39 is 0 Å². The summed E-state index contributed by atoms with van der Waals surface area (Å²) in [6, 6.07) is 10.6. The van der Waals surface area contributed by atoms with Gasteiger partial charge in [0.25, 0.3) is 0 Å². The number of benzene rings is 1. The summed E-state index contributed by atoms with van der Waals surface area (Å²) in [6.45, 7) is 0.892. The molecule has 1 N–H and O–H groups in total. The molecule has 1 fully saturated rings. The molecule has 17 heavy (non-hydrogen) atoms. The van der Waals surface area contributed by atoms with Crippen LogP contribution >= 0.6 is 11.6 Å². The highest BCUT2D eigenvalue weighted by atomic mass is 35.5. The van der Waals surface area contributed by atoms with Crippen LogP contribution in [0.2, 0.25) is 5.02 Å². The van der Waals surface area contributed by atoms with Crippen molar-refractivity contribution in [3.8, 4) is 11.3 Å². The summed E-state index contributed by atoms with van der Waals surface area (Å²) < 4.78 is 5.35. The lowest BCUT2D eigenvalue weighted by Gasteiger charge is -2.06. The second kappa shape index (κ2) is 4.55. The van der Waals surface area contributed by atoms with Crippen molar-refractivity contribution in [1.29, 1.82) is 0 Å². The second-order valence-electron chi connectivity index (χ2n) is 4.45. The maximum atomic E-state index is 6.26. The van der Waals surface area contributed by atoms with Crippen LogP contribution in [0.4, 0.5) is 0 Å². The van der Waals surface area contributed by atoms with Crippen molar-refractivity contribution in [3.05, 3.63) is 47.2 Å². The Labute approximate surface area is 106 Å². The van der Waals surface area contributed by atoms with E-state index in [1.54, 1.807) is 6.26 Å². The zero-order valence-corrected chi connectivity index (χ0v) is 10.2. The highest BCUT2D eigenvalue weighted by Crippen LogP contribution is 2.29. The molecule has 0 amide bonds. The van der Waals surface area contributed by atoms with Gasteiger partial charge in [-0.2, -0.15) is 0 Å². The van der Waals surface area contributed by atoms with Crippen LogP contribution in [0.5, 0.6) is 0 Å². The minimum atomic E-state index is 0.721. The predicted molar refractivity (Wildman–Crippen MR) is 69.0 cm³/mol. The van der Waals surface area contributed by atoms with Crippen LogP contribution in [0, 0.1) is 0 Å². The average molecular weight is 248 g/mol. The zero-order valence-electron chi connectivity index (χ0n) is 9.45. The standard InChI is InChI=1S/C14H14ClNO/c15-13-8-10(9-16-11-4-5-11)3-6-12(13)14-2-1-7-17-14/h1-3,6-8,11,16H,4-5,9H2. The van der Waals surface area contributed by atoms with Gasteiger partial charge in [-0.3, -0.25) is 0 Å². The molecule has 2 nitrogen and oxygen atoms in total. The van der Waals surface area contributed by atoms with Gasteiger partial charge in [0.2, 0.25) is 0 Å². The van der Waals surface area contributed by atoms with E-state index in [9.17, 15) is 0 Å². The smallest absolute Gasteiger partial charge is 0.135 e. The maximum Gasteiger partial charge on any atom is 0.135 e. The van der Waals surface area contributed by atoms with Gasteiger partial charge >= 0.3 is 0 Å². The van der Waals surface area contributed by atoms with Gasteiger partial charge in [0.05, 0.1) is 11.3 Å². The number of nitrogens with one attached hydrogen (secondary N) is 1. The molecule has 0 bridgehead atoms. The molecular weight excluding hydrogens is 234 g/mol. The van der Waals surface area contributed by atoms with Gasteiger partial charge in [0.15, 0.2) is 0 Å². The van der Waals surface area contributed by atoms with Gasteiger partial charge in [0, 0.05) is 18.2 Å². The number of halogens is 1. The van der Waals surface area contributed by atoms with Crippen molar-refractivity contribution in [2.24, 2.45) is 0 Å². The van der Waals surface area contributed by atoms with Crippen LogP contribution < -0.4 is 5.32 Å². The number of hydrogen-bond acceptors (Lipinski definition) is 2. The number of hydrogen-bond donors (Lipinski definition) is 1. The molecule has 3 heteroatoms. The van der Waals surface area contributed by atoms with E-state index in [-0.39, 0.29) is 0 Å². The van der Waals surface area contributed by atoms with Crippen molar-refractivity contribution >= 4 is 11.6 Å². The first-order valence-electron chi connectivity index (χ1n) is 5.88. The van der Waals surface area contributed by atoms with Crippen molar-refractivity contribution in [2.45, 2.75) is 25.4 Å². The average Bonchev–Trinajstić information content (AvgIpc) is 3.01. The third kappa shape index (κ3) is 2.54. The third-order valence-electron chi connectivity index (χ3n) is 2.99. The SMILES string of the molecule is Clc1cc(CNC2CC2)ccc1-c1ccco1. The van der Waals surface area contributed by atoms with Crippen LogP contribution in [0.1, 0.15) is 18.4 Å². The van der Waals surface area contributed by atoms with Gasteiger partial charge in [-0.25, -0.2) is 0 Å². The summed E-state index contributed by atoms with van der Waals surface area (Å²) in [5, 5.41) is 4.22. The molecule has 3 rings (SSSR count). The Kier molecular flexibility index (Phi) is 2.91. The summed E-state index contributed by atoms with van der Waals surface area (Å²) in [7, 11) is 0. The first kappa shape index (κ1) is 10.9. The summed E-state index contributed by atoms with van der Waals surface area (Å²) in [6.07, 6.45) is 4.27. The molecule has 88 valence electrons. The summed E-state index contributed by atoms with van der Waals surface area (Å²) in [4.78, 5) is 0. The number of furan rings is 1. The lowest BCUT2D eigenvalue weighted by atomic mass is 10.1. The molecule has 0 aliphatic heterocycles. The molecule has 1 aromatic heterocycles. The highest BCUT2D eigenvalue weighted by molar-refractivity contribution is 6.33. The molecule has 1 saturated carbocycles.